The number of nitrogens with one attached hydrogen (secondary N) is 3. The molecule has 8 nitrogen and oxygen atoms in total. The maximum absolute atomic E-state index is 12.6. The Hall–Kier alpha value is -2.69. The molecular formula is C23H31N3O5S2. The molecule has 0 aliphatic rings. The van der Waals surface area contributed by atoms with Gasteiger partial charge in [0.1, 0.15) is 11.8 Å². The molecule has 0 saturated carbocycles. The number of sulfonamides is 1. The highest BCUT2D eigenvalue weighted by molar-refractivity contribution is 7.89. The molecule has 0 fully saturated rings. The van der Waals surface area contributed by atoms with Crippen LogP contribution in [0.4, 0.5) is 5.69 Å². The highest BCUT2D eigenvalue weighted by atomic mass is 32.2. The predicted octanol–water partition coefficient (Wildman–Crippen LogP) is 3.29. The van der Waals surface area contributed by atoms with E-state index in [4.69, 9.17) is 21.7 Å². The second-order valence-electron chi connectivity index (χ2n) is 7.57. The standard InChI is InChI=1S/C23H31N3O5S2/c1-16-8-11-19(12-9-16)33(28,29)26-21(22(27)31-4)7-5-6-14-24-23(32)25-20-13-10-18(30-3)15-17(20)2/h8-13,15,21,26H,5-7,14H2,1-4H3,(H2,24,25,32). The molecule has 1 atom stereocenters. The minimum Gasteiger partial charge on any atom is -0.497 e. The summed E-state index contributed by atoms with van der Waals surface area (Å²) in [5.74, 6) is 0.154. The zero-order chi connectivity index (χ0) is 24.4. The largest absolute Gasteiger partial charge is 0.497 e. The van der Waals surface area contributed by atoms with Gasteiger partial charge in [-0.2, -0.15) is 4.72 Å². The zero-order valence-corrected chi connectivity index (χ0v) is 20.9. The molecule has 2 aromatic carbocycles. The number of anilines is 1. The van der Waals surface area contributed by atoms with E-state index >= 15 is 0 Å². The first kappa shape index (κ1) is 26.6. The fourth-order valence-electron chi connectivity index (χ4n) is 3.09. The van der Waals surface area contributed by atoms with Gasteiger partial charge in [0.2, 0.25) is 10.0 Å². The van der Waals surface area contributed by atoms with Crippen molar-refractivity contribution in [1.29, 1.82) is 0 Å². The van der Waals surface area contributed by atoms with E-state index < -0.39 is 22.0 Å². The van der Waals surface area contributed by atoms with Crippen LogP contribution in [0, 0.1) is 13.8 Å². The third-order valence-electron chi connectivity index (χ3n) is 5.00. The number of carbonyl (C=O) groups excluding carboxylic acids is 1. The molecule has 180 valence electrons. The van der Waals surface area contributed by atoms with Gasteiger partial charge in [-0.05, 0) is 81.2 Å². The topological polar surface area (TPSA) is 106 Å². The molecule has 1 unspecified atom stereocenters. The van der Waals surface area contributed by atoms with Crippen LogP contribution in [0.3, 0.4) is 0 Å². The van der Waals surface area contributed by atoms with Crippen molar-refractivity contribution in [2.45, 2.75) is 44.0 Å². The Morgan fingerprint density at radius 2 is 1.76 bits per heavy atom. The number of carbonyl (C=O) groups is 1. The highest BCUT2D eigenvalue weighted by Gasteiger charge is 2.26. The molecule has 0 bridgehead atoms. The van der Waals surface area contributed by atoms with Crippen molar-refractivity contribution in [3.05, 3.63) is 53.6 Å². The number of thiocarbonyl (C=S) groups is 1. The second kappa shape index (κ2) is 12.5. The van der Waals surface area contributed by atoms with E-state index in [2.05, 4.69) is 15.4 Å². The van der Waals surface area contributed by atoms with Crippen molar-refractivity contribution in [1.82, 2.24) is 10.0 Å². The van der Waals surface area contributed by atoms with Crippen LogP contribution in [0.5, 0.6) is 5.75 Å². The van der Waals surface area contributed by atoms with Gasteiger partial charge in [0, 0.05) is 12.2 Å². The van der Waals surface area contributed by atoms with Crippen LogP contribution in [0.15, 0.2) is 47.4 Å². The summed E-state index contributed by atoms with van der Waals surface area (Å²) in [6, 6.07) is 11.1. The van der Waals surface area contributed by atoms with Gasteiger partial charge in [0.15, 0.2) is 5.11 Å². The molecule has 10 heteroatoms. The van der Waals surface area contributed by atoms with Crippen molar-refractivity contribution in [3.8, 4) is 5.75 Å². The van der Waals surface area contributed by atoms with Crippen LogP contribution in [-0.2, 0) is 19.6 Å². The average molecular weight is 494 g/mol. The lowest BCUT2D eigenvalue weighted by Gasteiger charge is -2.17. The van der Waals surface area contributed by atoms with Crippen molar-refractivity contribution < 1.29 is 22.7 Å². The summed E-state index contributed by atoms with van der Waals surface area (Å²) in [4.78, 5) is 12.2. The number of aryl methyl sites for hydroxylation is 2. The molecule has 0 aromatic heterocycles. The number of benzene rings is 2. The number of ether oxygens (including phenoxy) is 2. The molecule has 0 amide bonds. The van der Waals surface area contributed by atoms with E-state index in [-0.39, 0.29) is 4.90 Å². The quantitative estimate of drug-likeness (QED) is 0.249. The first-order valence-corrected chi connectivity index (χ1v) is 12.4. The van der Waals surface area contributed by atoms with Crippen LogP contribution in [0.25, 0.3) is 0 Å². The predicted molar refractivity (Wildman–Crippen MR) is 133 cm³/mol. The summed E-state index contributed by atoms with van der Waals surface area (Å²) < 4.78 is 37.7. The average Bonchev–Trinajstić information content (AvgIpc) is 2.79. The Balaban J connectivity index is 1.82. The molecule has 0 aliphatic carbocycles. The van der Waals surface area contributed by atoms with Crippen molar-refractivity contribution in [2.24, 2.45) is 0 Å². The summed E-state index contributed by atoms with van der Waals surface area (Å²) >= 11 is 5.33. The van der Waals surface area contributed by atoms with E-state index in [0.29, 0.717) is 30.9 Å². The molecule has 3 N–H and O–H groups in total. The maximum atomic E-state index is 12.6. The number of methoxy groups -OCH3 is 2. The molecule has 0 radical (unpaired) electrons. The Morgan fingerprint density at radius 1 is 1.06 bits per heavy atom. The summed E-state index contributed by atoms with van der Waals surface area (Å²) in [5, 5.41) is 6.74. The molecule has 0 spiro atoms. The molecule has 0 aliphatic heterocycles. The van der Waals surface area contributed by atoms with Crippen molar-refractivity contribution in [2.75, 3.05) is 26.1 Å². The third kappa shape index (κ3) is 8.30. The third-order valence-corrected chi connectivity index (χ3v) is 6.74. The van der Waals surface area contributed by atoms with Gasteiger partial charge in [-0.25, -0.2) is 8.42 Å². The van der Waals surface area contributed by atoms with Crippen LogP contribution < -0.4 is 20.1 Å². The van der Waals surface area contributed by atoms with Crippen LogP contribution in [0.1, 0.15) is 30.4 Å². The molecule has 33 heavy (non-hydrogen) atoms. The SMILES string of the molecule is COC(=O)C(CCCCNC(=S)Nc1ccc(OC)cc1C)NS(=O)(=O)c1ccc(C)cc1. The molecule has 2 aromatic rings. The second-order valence-corrected chi connectivity index (χ2v) is 9.69. The maximum Gasteiger partial charge on any atom is 0.323 e. The number of esters is 1. The first-order chi connectivity index (χ1) is 15.7. The molecule has 0 heterocycles. The smallest absolute Gasteiger partial charge is 0.323 e. The number of rotatable bonds is 11. The van der Waals surface area contributed by atoms with Gasteiger partial charge in [0.05, 0.1) is 19.1 Å². The Morgan fingerprint density at radius 3 is 2.36 bits per heavy atom. The lowest BCUT2D eigenvalue weighted by molar-refractivity contribution is -0.142. The fourth-order valence-corrected chi connectivity index (χ4v) is 4.52. The summed E-state index contributed by atoms with van der Waals surface area (Å²) in [6.07, 6.45) is 1.58. The first-order valence-electron chi connectivity index (χ1n) is 10.5. The normalized spacial score (nSPS) is 12.0. The lowest BCUT2D eigenvalue weighted by atomic mass is 10.1. The number of hydrogen-bond acceptors (Lipinski definition) is 6. The van der Waals surface area contributed by atoms with Gasteiger partial charge in [-0.15, -0.1) is 0 Å². The van der Waals surface area contributed by atoms with Gasteiger partial charge in [0.25, 0.3) is 0 Å². The van der Waals surface area contributed by atoms with Crippen LogP contribution in [-0.4, -0.2) is 46.3 Å². The summed E-state index contributed by atoms with van der Waals surface area (Å²) in [5.41, 5.74) is 2.82. The molecule has 0 saturated heterocycles. The van der Waals surface area contributed by atoms with E-state index in [1.54, 1.807) is 19.2 Å². The Bertz CT molecular complexity index is 1060. The summed E-state index contributed by atoms with van der Waals surface area (Å²) in [6.45, 7) is 4.40. The Kier molecular flexibility index (Phi) is 10.1. The monoisotopic (exact) mass is 493 g/mol. The van der Waals surface area contributed by atoms with Gasteiger partial charge >= 0.3 is 5.97 Å². The number of unbranched alkanes of at least 4 members (excludes halogenated alkanes) is 1. The minimum absolute atomic E-state index is 0.105. The van der Waals surface area contributed by atoms with E-state index in [1.165, 1.54) is 19.2 Å². The van der Waals surface area contributed by atoms with Crippen LogP contribution in [0.2, 0.25) is 0 Å². The number of hydrogen-bond donors (Lipinski definition) is 3. The zero-order valence-electron chi connectivity index (χ0n) is 19.3. The summed E-state index contributed by atoms with van der Waals surface area (Å²) in [7, 11) is -0.982. The Labute approximate surface area is 201 Å². The fraction of sp³-hybridized carbons (Fsp3) is 0.391. The lowest BCUT2D eigenvalue weighted by Crippen LogP contribution is -2.41. The molecule has 2 rings (SSSR count). The van der Waals surface area contributed by atoms with E-state index in [1.807, 2.05) is 32.0 Å². The van der Waals surface area contributed by atoms with E-state index in [9.17, 15) is 13.2 Å². The minimum atomic E-state index is -3.84. The van der Waals surface area contributed by atoms with Gasteiger partial charge in [-0.3, -0.25) is 4.79 Å². The molecular weight excluding hydrogens is 462 g/mol. The van der Waals surface area contributed by atoms with Crippen LogP contribution >= 0.6 is 12.2 Å². The van der Waals surface area contributed by atoms with Gasteiger partial charge < -0.3 is 20.1 Å². The van der Waals surface area contributed by atoms with Gasteiger partial charge in [-0.1, -0.05) is 17.7 Å². The highest BCUT2D eigenvalue weighted by Crippen LogP contribution is 2.21. The van der Waals surface area contributed by atoms with Crippen molar-refractivity contribution in [3.63, 3.8) is 0 Å². The van der Waals surface area contributed by atoms with Crippen molar-refractivity contribution >= 4 is 39.0 Å². The van der Waals surface area contributed by atoms with E-state index in [0.717, 1.165) is 22.6 Å².